The molecule has 2 N–H and O–H groups in total. The Morgan fingerprint density at radius 2 is 1.29 bits per heavy atom. The third-order valence-electron chi connectivity index (χ3n) is 9.59. The fourth-order valence-electron chi connectivity index (χ4n) is 7.07. The van der Waals surface area contributed by atoms with Gasteiger partial charge in [0.2, 0.25) is 17.7 Å². The Balaban J connectivity index is 0.967. The number of aromatic nitrogens is 2. The van der Waals surface area contributed by atoms with E-state index in [1.165, 1.54) is 0 Å². The van der Waals surface area contributed by atoms with E-state index in [0.29, 0.717) is 43.7 Å². The standard InChI is InChI=1S/C40H39N5O4/c46-36(34-13-7-19-44(34)37(47)23-27-9-3-1-4-10-27)22-29-21-31-25-33(43-39(31)41-26-29)30-15-17-32(18-16-30)42-40(49)35-14-8-20-45(35)38(48)24-28-11-5-2-6-12-28/h1-6,9-12,15-18,21,25-26,34-35H,7-8,13-14,19-20,22-24H2,(H,41,43)(H,42,49)/t34-,35-/m0/s1. The predicted molar refractivity (Wildman–Crippen MR) is 189 cm³/mol. The molecule has 2 aliphatic rings. The third-order valence-corrected chi connectivity index (χ3v) is 9.59. The van der Waals surface area contributed by atoms with Crippen molar-refractivity contribution in [1.29, 1.82) is 0 Å². The van der Waals surface area contributed by atoms with E-state index in [1.54, 1.807) is 16.0 Å². The molecule has 0 unspecified atom stereocenters. The van der Waals surface area contributed by atoms with Crippen LogP contribution in [0.5, 0.6) is 0 Å². The van der Waals surface area contributed by atoms with Crippen molar-refractivity contribution in [1.82, 2.24) is 19.8 Å². The summed E-state index contributed by atoms with van der Waals surface area (Å²) in [6.07, 6.45) is 5.48. The molecule has 9 nitrogen and oxygen atoms in total. The van der Waals surface area contributed by atoms with Crippen LogP contribution >= 0.6 is 0 Å². The smallest absolute Gasteiger partial charge is 0.247 e. The normalized spacial score (nSPS) is 17.4. The zero-order valence-corrected chi connectivity index (χ0v) is 27.3. The fourth-order valence-corrected chi connectivity index (χ4v) is 7.07. The number of hydrogen-bond acceptors (Lipinski definition) is 5. The zero-order chi connectivity index (χ0) is 33.7. The molecule has 0 saturated carbocycles. The number of likely N-dealkylation sites (tertiary alicyclic amines) is 2. The van der Waals surface area contributed by atoms with E-state index >= 15 is 0 Å². The molecule has 0 spiro atoms. The van der Waals surface area contributed by atoms with Gasteiger partial charge in [-0.3, -0.25) is 19.2 Å². The number of pyridine rings is 1. The highest BCUT2D eigenvalue weighted by Gasteiger charge is 2.35. The number of ketones is 1. The SMILES string of the molecule is O=C(Cc1cnc2[nH]c(-c3ccc(NC(=O)[C@@H]4CCCN4C(=O)Cc4ccccc4)cc3)cc2c1)[C@@H]1CCCN1C(=O)Cc1ccccc1. The summed E-state index contributed by atoms with van der Waals surface area (Å²) in [6, 6.07) is 29.9. The van der Waals surface area contributed by atoms with Gasteiger partial charge in [0, 0.05) is 42.5 Å². The number of rotatable bonds is 10. The van der Waals surface area contributed by atoms with Crippen LogP contribution in [0.25, 0.3) is 22.3 Å². The lowest BCUT2D eigenvalue weighted by Gasteiger charge is -2.24. The van der Waals surface area contributed by atoms with Gasteiger partial charge in [0.15, 0.2) is 5.78 Å². The average Bonchev–Trinajstić information content (AvgIpc) is 3.90. The molecule has 0 bridgehead atoms. The number of fused-ring (bicyclic) bond motifs is 1. The number of aromatic amines is 1. The number of nitrogens with one attached hydrogen (secondary N) is 2. The minimum atomic E-state index is -0.483. The highest BCUT2D eigenvalue weighted by molar-refractivity contribution is 5.98. The molecule has 9 heteroatoms. The maximum absolute atomic E-state index is 13.4. The van der Waals surface area contributed by atoms with E-state index in [4.69, 9.17) is 0 Å². The van der Waals surface area contributed by atoms with E-state index in [2.05, 4.69) is 15.3 Å². The van der Waals surface area contributed by atoms with Crippen molar-refractivity contribution in [2.45, 2.75) is 57.0 Å². The number of Topliss-reactive ketones (excluding diaryl/α,β-unsaturated/α-hetero) is 1. The van der Waals surface area contributed by atoms with Crippen LogP contribution in [0.1, 0.15) is 42.4 Å². The monoisotopic (exact) mass is 653 g/mol. The first kappa shape index (κ1) is 32.0. The van der Waals surface area contributed by atoms with Crippen LogP contribution in [0.2, 0.25) is 0 Å². The third kappa shape index (κ3) is 7.31. The number of carbonyl (C=O) groups excluding carboxylic acids is 4. The molecule has 3 aromatic carbocycles. The molecule has 2 atom stereocenters. The maximum atomic E-state index is 13.4. The molecule has 0 aliphatic carbocycles. The van der Waals surface area contributed by atoms with Gasteiger partial charge in [0.25, 0.3) is 0 Å². The van der Waals surface area contributed by atoms with Crippen LogP contribution in [0.4, 0.5) is 5.69 Å². The second kappa shape index (κ2) is 14.3. The summed E-state index contributed by atoms with van der Waals surface area (Å²) >= 11 is 0. The van der Waals surface area contributed by atoms with Crippen molar-refractivity contribution in [2.24, 2.45) is 0 Å². The predicted octanol–water partition coefficient (Wildman–Crippen LogP) is 5.75. The van der Waals surface area contributed by atoms with Gasteiger partial charge >= 0.3 is 0 Å². The molecule has 5 aromatic rings. The first-order chi connectivity index (χ1) is 23.9. The minimum Gasteiger partial charge on any atom is -0.339 e. The molecule has 0 radical (unpaired) electrons. The Labute approximate surface area is 285 Å². The second-order valence-electron chi connectivity index (χ2n) is 13.0. The van der Waals surface area contributed by atoms with Gasteiger partial charge in [-0.2, -0.15) is 0 Å². The van der Waals surface area contributed by atoms with Gasteiger partial charge in [0.05, 0.1) is 18.9 Å². The minimum absolute atomic E-state index is 0.00839. The maximum Gasteiger partial charge on any atom is 0.247 e. The zero-order valence-electron chi connectivity index (χ0n) is 27.3. The lowest BCUT2D eigenvalue weighted by molar-refractivity contribution is -0.136. The molecule has 2 saturated heterocycles. The summed E-state index contributed by atoms with van der Waals surface area (Å²) in [5, 5.41) is 3.89. The van der Waals surface area contributed by atoms with E-state index < -0.39 is 12.1 Å². The number of benzene rings is 3. The van der Waals surface area contributed by atoms with Crippen LogP contribution in [0.15, 0.2) is 103 Å². The van der Waals surface area contributed by atoms with Crippen molar-refractivity contribution >= 4 is 40.2 Å². The molecular weight excluding hydrogens is 614 g/mol. The first-order valence-electron chi connectivity index (χ1n) is 17.0. The molecular formula is C40H39N5O4. The molecule has 7 rings (SSSR count). The largest absolute Gasteiger partial charge is 0.339 e. The molecule has 4 heterocycles. The summed E-state index contributed by atoms with van der Waals surface area (Å²) in [5.41, 5.74) is 5.87. The van der Waals surface area contributed by atoms with Crippen LogP contribution in [-0.2, 0) is 38.4 Å². The Morgan fingerprint density at radius 1 is 0.694 bits per heavy atom. The van der Waals surface area contributed by atoms with Crippen molar-refractivity contribution < 1.29 is 19.2 Å². The van der Waals surface area contributed by atoms with Crippen molar-refractivity contribution in [3.63, 3.8) is 0 Å². The second-order valence-corrected chi connectivity index (χ2v) is 13.0. The summed E-state index contributed by atoms with van der Waals surface area (Å²) < 4.78 is 0. The quantitative estimate of drug-likeness (QED) is 0.199. The fraction of sp³-hybridized carbons (Fsp3) is 0.275. The van der Waals surface area contributed by atoms with E-state index in [-0.39, 0.29) is 36.3 Å². The average molecular weight is 654 g/mol. The highest BCUT2D eigenvalue weighted by atomic mass is 16.2. The van der Waals surface area contributed by atoms with Crippen LogP contribution in [-0.4, -0.2) is 68.4 Å². The van der Waals surface area contributed by atoms with Crippen molar-refractivity contribution in [2.75, 3.05) is 18.4 Å². The number of anilines is 1. The van der Waals surface area contributed by atoms with Crippen LogP contribution in [0, 0.1) is 0 Å². The highest BCUT2D eigenvalue weighted by Crippen LogP contribution is 2.27. The Bertz CT molecular complexity index is 1970. The van der Waals surface area contributed by atoms with Crippen molar-refractivity contribution in [3.8, 4) is 11.3 Å². The van der Waals surface area contributed by atoms with E-state index in [1.807, 2.05) is 97.1 Å². The molecule has 2 fully saturated rings. The van der Waals surface area contributed by atoms with Gasteiger partial charge < -0.3 is 20.1 Å². The number of amides is 3. The van der Waals surface area contributed by atoms with Crippen LogP contribution < -0.4 is 5.32 Å². The van der Waals surface area contributed by atoms with Gasteiger partial charge in [-0.05, 0) is 72.2 Å². The molecule has 2 aromatic heterocycles. The number of carbonyl (C=O) groups is 4. The summed E-state index contributed by atoms with van der Waals surface area (Å²) in [4.78, 5) is 64.0. The lowest BCUT2D eigenvalue weighted by atomic mass is 10.0. The molecule has 3 amide bonds. The summed E-state index contributed by atoms with van der Waals surface area (Å²) in [7, 11) is 0. The van der Waals surface area contributed by atoms with Crippen molar-refractivity contribution in [3.05, 3.63) is 120 Å². The van der Waals surface area contributed by atoms with Gasteiger partial charge in [-0.1, -0.05) is 72.8 Å². The van der Waals surface area contributed by atoms with Gasteiger partial charge in [-0.25, -0.2) is 4.98 Å². The number of nitrogens with zero attached hydrogens (tertiary/aromatic N) is 3. The van der Waals surface area contributed by atoms with E-state index in [0.717, 1.165) is 46.2 Å². The Kier molecular flexibility index (Phi) is 9.32. The summed E-state index contributed by atoms with van der Waals surface area (Å²) in [6.45, 7) is 1.19. The molecule has 49 heavy (non-hydrogen) atoms. The van der Waals surface area contributed by atoms with E-state index in [9.17, 15) is 19.2 Å². The first-order valence-corrected chi connectivity index (χ1v) is 17.0. The summed E-state index contributed by atoms with van der Waals surface area (Å²) in [5.74, 6) is -0.181. The topological polar surface area (TPSA) is 115 Å². The lowest BCUT2D eigenvalue weighted by Crippen LogP contribution is -2.43. The Morgan fingerprint density at radius 3 is 1.92 bits per heavy atom. The van der Waals surface area contributed by atoms with Crippen LogP contribution in [0.3, 0.4) is 0 Å². The number of H-pyrrole nitrogens is 1. The number of hydrogen-bond donors (Lipinski definition) is 2. The molecule has 2 aliphatic heterocycles. The van der Waals surface area contributed by atoms with Gasteiger partial charge in [0.1, 0.15) is 11.7 Å². The van der Waals surface area contributed by atoms with Gasteiger partial charge in [-0.15, -0.1) is 0 Å². The molecule has 248 valence electrons. The Hall–Kier alpha value is -5.57.